The summed E-state index contributed by atoms with van der Waals surface area (Å²) in [7, 11) is -1.77. The summed E-state index contributed by atoms with van der Waals surface area (Å²) in [6.07, 6.45) is -1.34. The van der Waals surface area contributed by atoms with Crippen LogP contribution in [-0.2, 0) is 45.5 Å². The number of aromatic hydroxyl groups is 1. The van der Waals surface area contributed by atoms with Gasteiger partial charge in [0, 0.05) is 89.5 Å². The first-order valence-corrected chi connectivity index (χ1v) is 35.9. The molecule has 4 aliphatic heterocycles. The van der Waals surface area contributed by atoms with Crippen LogP contribution in [0.15, 0.2) is 36.4 Å². The highest BCUT2D eigenvalue weighted by Gasteiger charge is 2.47. The molecule has 12 atom stereocenters. The molecule has 0 bridgehead atoms. The van der Waals surface area contributed by atoms with E-state index in [1.165, 1.54) is 61.3 Å². The van der Waals surface area contributed by atoms with Crippen molar-refractivity contribution in [2.45, 2.75) is 176 Å². The van der Waals surface area contributed by atoms with Gasteiger partial charge in [-0.05, 0) is 126 Å². The van der Waals surface area contributed by atoms with Crippen LogP contribution >= 0.6 is 11.3 Å². The zero-order valence-electron chi connectivity index (χ0n) is 55.8. The van der Waals surface area contributed by atoms with E-state index in [0.29, 0.717) is 47.6 Å². The Morgan fingerprint density at radius 2 is 1.51 bits per heavy atom. The number of nitrogens with zero attached hydrogens (tertiary/aromatic N) is 6. The number of halogens is 1. The molecular weight excluding hydrogens is 1320 g/mol. The Labute approximate surface area is 573 Å². The van der Waals surface area contributed by atoms with Crippen LogP contribution in [-0.4, -0.2) is 280 Å². The molecule has 1 aliphatic carbocycles. The fourth-order valence-electron chi connectivity index (χ4n) is 14.0. The maximum absolute atomic E-state index is 15.9. The number of aromatic nitrogens is 2. The Bertz CT molecular complexity index is 3240. The predicted molar refractivity (Wildman–Crippen MR) is 356 cm³/mol. The number of phenols is 1. The minimum atomic E-state index is -5.20. The maximum Gasteiger partial charge on any atom is 0.446 e. The number of anilines is 2. The highest BCUT2D eigenvalue weighted by atomic mass is 32.3. The number of carbonyl (C=O) groups excluding carboxylic acids is 5. The van der Waals surface area contributed by atoms with E-state index in [1.807, 2.05) is 13.2 Å². The second-order valence-corrected chi connectivity index (χ2v) is 28.8. The van der Waals surface area contributed by atoms with Crippen LogP contribution < -0.4 is 45.9 Å². The standard InChI is InChI=1S/C64H99FN12O19S2/c1-36-31-76(33-52(36)86)61(90)56(50(84)14-19-67-41(34-78)35-79)71-59(89)55(51(85)24-39-10-13-49(83)53(25-39)96-98(92,93)94)70-58(88)48-28-44(82)32-77(48)62(91)54(37(2)80)69-57(87)47(27-43(81)30-66-3)68-29-38-15-20-75(21-16-38)63-73-72-60(97-63)45-12-11-42(26-46(45)65)74-22-17-64(95-4,18-23-74)40-8-6-5-7-9-40/h10-13,25-26,36-38,40-41,43-44,47-48,50-52,54-56,66-68,78-86H,5-9,14-24,27-35H2,1-4H3,(H,69,87)(H,70,88)(H,71,89)(H,92,93,94)/t36-,37+,43+,44+,47-,48-,50+,51+,52+,54-,55-,56-/m0/s1. The quantitative estimate of drug-likeness (QED) is 0.0290. The van der Waals surface area contributed by atoms with Crippen molar-refractivity contribution in [1.82, 2.24) is 51.9 Å². The maximum atomic E-state index is 15.9. The Morgan fingerprint density at radius 1 is 0.816 bits per heavy atom. The van der Waals surface area contributed by atoms with Crippen molar-refractivity contribution in [2.75, 3.05) is 103 Å². The summed E-state index contributed by atoms with van der Waals surface area (Å²) < 4.78 is 59.2. The van der Waals surface area contributed by atoms with Crippen LogP contribution in [0.5, 0.6) is 11.5 Å². The summed E-state index contributed by atoms with van der Waals surface area (Å²) in [5.41, 5.74) is 0.966. The molecule has 5 heterocycles. The van der Waals surface area contributed by atoms with Crippen LogP contribution in [0.4, 0.5) is 15.2 Å². The number of rotatable bonds is 33. The normalized spacial score (nSPS) is 22.8. The number of hydrogen-bond donors (Lipinski definition) is 16. The number of ether oxygens (including phenoxy) is 1. The van der Waals surface area contributed by atoms with Crippen LogP contribution in [0.25, 0.3) is 10.6 Å². The number of phenolic OH excluding ortho intramolecular Hbond substituents is 1. The topological polar surface area (TPSA) is 451 Å². The predicted octanol–water partition coefficient (Wildman–Crippen LogP) is -2.12. The molecule has 16 N–H and O–H groups in total. The third-order valence-electron chi connectivity index (χ3n) is 19.8. The number of aliphatic hydroxyl groups is 8. The molecule has 1 saturated carbocycles. The molecule has 548 valence electrons. The number of benzene rings is 2. The van der Waals surface area contributed by atoms with E-state index in [4.69, 9.17) is 4.74 Å². The number of aliphatic hydroxyl groups excluding tert-OH is 8. The first-order chi connectivity index (χ1) is 46.6. The summed E-state index contributed by atoms with van der Waals surface area (Å²) in [4.78, 5) is 79.0. The molecule has 34 heteroatoms. The fraction of sp³-hybridized carbons (Fsp3) is 0.703. The first-order valence-electron chi connectivity index (χ1n) is 33.7. The number of likely N-dealkylation sites (tertiary alicyclic amines) is 2. The largest absolute Gasteiger partial charge is 0.504 e. The zero-order chi connectivity index (χ0) is 71.2. The van der Waals surface area contributed by atoms with Crippen LogP contribution in [0.2, 0.25) is 0 Å². The SMILES string of the molecule is CNC[C@H](O)C[C@H](NCC1CCN(c2nnc(-c3ccc(N4CCC(OC)(C5CCCCC5)CC4)cc3F)s2)CC1)C(=O)N[C@H](C(=O)N1C[C@H](O)C[C@H]1C(=O)N[C@H](C(=O)N[C@H](C(=O)N1C[C@@H](O)[C@@H](C)C1)[C@H](O)CCNC(CO)CO)[C@H](O)Cc1ccc(O)c(OS(=O)(=O)O)c1)[C@@H](C)O. The lowest BCUT2D eigenvalue weighted by Crippen LogP contribution is -2.63. The highest BCUT2D eigenvalue weighted by Crippen LogP contribution is 2.43. The number of carbonyl (C=O) groups is 5. The summed E-state index contributed by atoms with van der Waals surface area (Å²) in [5, 5.41) is 123. The zero-order valence-corrected chi connectivity index (χ0v) is 57.5. The van der Waals surface area contributed by atoms with Gasteiger partial charge >= 0.3 is 10.4 Å². The number of amides is 5. The highest BCUT2D eigenvalue weighted by molar-refractivity contribution is 7.81. The summed E-state index contributed by atoms with van der Waals surface area (Å²) in [6, 6.07) is -1.16. The molecule has 5 amide bonds. The lowest BCUT2D eigenvalue weighted by molar-refractivity contribution is -0.145. The molecule has 5 fully saturated rings. The van der Waals surface area contributed by atoms with Crippen molar-refractivity contribution in [3.8, 4) is 22.1 Å². The number of hydrogen-bond acceptors (Lipinski definition) is 26. The molecule has 3 aromatic rings. The molecule has 8 rings (SSSR count). The number of methoxy groups -OCH3 is 1. The summed E-state index contributed by atoms with van der Waals surface area (Å²) >= 11 is 1.29. The van der Waals surface area contributed by atoms with Crippen LogP contribution in [0.1, 0.15) is 96.5 Å². The molecule has 98 heavy (non-hydrogen) atoms. The van der Waals surface area contributed by atoms with Crippen molar-refractivity contribution in [2.24, 2.45) is 17.8 Å². The van der Waals surface area contributed by atoms with E-state index < -0.39 is 163 Å². The van der Waals surface area contributed by atoms with Crippen molar-refractivity contribution >= 4 is 62.1 Å². The number of piperidine rings is 2. The van der Waals surface area contributed by atoms with Gasteiger partial charge in [0.05, 0.1) is 67.5 Å². The molecule has 5 aliphatic rings. The summed E-state index contributed by atoms with van der Waals surface area (Å²) in [5.74, 6) is -7.07. The molecule has 2 aromatic carbocycles. The molecule has 1 aromatic heterocycles. The van der Waals surface area contributed by atoms with Gasteiger partial charge in [-0.15, -0.1) is 10.2 Å². The number of β-amino-alcohol motifs (C(OH)–C–C–N with tert-alkyl or cyclic N) is 2. The van der Waals surface area contributed by atoms with E-state index in [9.17, 15) is 82.9 Å². The summed E-state index contributed by atoms with van der Waals surface area (Å²) in [6.45, 7) is 4.05. The van der Waals surface area contributed by atoms with Gasteiger partial charge in [0.25, 0.3) is 0 Å². The molecule has 31 nitrogen and oxygen atoms in total. The number of likely N-dealkylation sites (N-methyl/N-ethyl adjacent to an activating group) is 1. The fourth-order valence-corrected chi connectivity index (χ4v) is 15.3. The third-order valence-corrected chi connectivity index (χ3v) is 21.2. The van der Waals surface area contributed by atoms with Crippen molar-refractivity contribution in [3.63, 3.8) is 0 Å². The smallest absolute Gasteiger partial charge is 0.446 e. The van der Waals surface area contributed by atoms with E-state index in [2.05, 4.69) is 56.1 Å². The van der Waals surface area contributed by atoms with Gasteiger partial charge in [-0.1, -0.05) is 43.6 Å². The Kier molecular flexibility index (Phi) is 28.1. The molecule has 4 saturated heterocycles. The van der Waals surface area contributed by atoms with Gasteiger partial charge in [0.1, 0.15) is 30.0 Å². The Hall–Kier alpha value is -6.09. The average Bonchev–Trinajstić information content (AvgIpc) is 1.15. The average molecular weight is 1420 g/mol. The molecule has 0 radical (unpaired) electrons. The molecular formula is C64H99FN12O19S2. The Balaban J connectivity index is 0.925. The van der Waals surface area contributed by atoms with Gasteiger partial charge in [-0.2, -0.15) is 8.42 Å². The molecule has 0 unspecified atom stereocenters. The van der Waals surface area contributed by atoms with E-state index >= 15 is 4.39 Å². The van der Waals surface area contributed by atoms with Crippen molar-refractivity contribution in [3.05, 3.63) is 47.8 Å². The third kappa shape index (κ3) is 20.3. The van der Waals surface area contributed by atoms with Crippen molar-refractivity contribution in [1.29, 1.82) is 0 Å². The lowest BCUT2D eigenvalue weighted by atomic mass is 9.72. The van der Waals surface area contributed by atoms with Crippen LogP contribution in [0, 0.1) is 23.6 Å². The van der Waals surface area contributed by atoms with Gasteiger partial charge < -0.3 is 106 Å². The monoisotopic (exact) mass is 1420 g/mol. The molecule has 0 spiro atoms. The lowest BCUT2D eigenvalue weighted by Gasteiger charge is -2.47. The van der Waals surface area contributed by atoms with Gasteiger partial charge in [-0.3, -0.25) is 28.5 Å². The van der Waals surface area contributed by atoms with E-state index in [-0.39, 0.29) is 68.5 Å². The van der Waals surface area contributed by atoms with E-state index in [0.717, 1.165) is 48.7 Å². The first kappa shape index (κ1) is 77.6. The number of nitrogens with one attached hydrogen (secondary N) is 6. The van der Waals surface area contributed by atoms with Gasteiger partial charge in [0.2, 0.25) is 34.7 Å². The minimum Gasteiger partial charge on any atom is -0.504 e. The van der Waals surface area contributed by atoms with Gasteiger partial charge in [-0.25, -0.2) is 4.39 Å². The van der Waals surface area contributed by atoms with Crippen LogP contribution in [0.3, 0.4) is 0 Å². The second kappa shape index (κ2) is 35.5. The minimum absolute atomic E-state index is 0.00284. The Morgan fingerprint density at radius 3 is 2.13 bits per heavy atom. The van der Waals surface area contributed by atoms with E-state index in [1.54, 1.807) is 26.1 Å². The second-order valence-electron chi connectivity index (χ2n) is 26.8. The van der Waals surface area contributed by atoms with Gasteiger partial charge in [0.15, 0.2) is 16.5 Å². The van der Waals surface area contributed by atoms with Crippen molar-refractivity contribution < 1.29 is 96.2 Å².